The SMILES string of the molecule is O=C1CC(CCl)CN1c1cc(Cl)c(I)cn1. The summed E-state index contributed by atoms with van der Waals surface area (Å²) in [6, 6.07) is 1.72. The van der Waals surface area contributed by atoms with Crippen LogP contribution in [-0.2, 0) is 4.79 Å². The van der Waals surface area contributed by atoms with Crippen LogP contribution >= 0.6 is 45.8 Å². The largest absolute Gasteiger partial charge is 0.296 e. The molecular formula is C10H9Cl2IN2O. The number of hydrogen-bond acceptors (Lipinski definition) is 2. The second-order valence-electron chi connectivity index (χ2n) is 3.69. The molecule has 1 aromatic heterocycles. The first-order chi connectivity index (χ1) is 7.61. The second-order valence-corrected chi connectivity index (χ2v) is 5.56. The Morgan fingerprint density at radius 2 is 2.38 bits per heavy atom. The van der Waals surface area contributed by atoms with Crippen molar-refractivity contribution in [1.82, 2.24) is 4.98 Å². The minimum absolute atomic E-state index is 0.0652. The number of anilines is 1. The molecule has 2 rings (SSSR count). The second kappa shape index (κ2) is 5.06. The van der Waals surface area contributed by atoms with E-state index in [1.165, 1.54) is 0 Å². The van der Waals surface area contributed by atoms with Crippen molar-refractivity contribution in [3.8, 4) is 0 Å². The molecule has 2 heterocycles. The van der Waals surface area contributed by atoms with Gasteiger partial charge in [0.05, 0.1) is 8.59 Å². The molecule has 0 spiro atoms. The molecule has 0 saturated carbocycles. The molecule has 1 amide bonds. The zero-order chi connectivity index (χ0) is 11.7. The van der Waals surface area contributed by atoms with Crippen LogP contribution in [0, 0.1) is 9.49 Å². The van der Waals surface area contributed by atoms with Gasteiger partial charge in [-0.3, -0.25) is 9.69 Å². The number of hydrogen-bond donors (Lipinski definition) is 0. The molecule has 16 heavy (non-hydrogen) atoms. The summed E-state index contributed by atoms with van der Waals surface area (Å²) in [5.41, 5.74) is 0. The molecule has 0 radical (unpaired) electrons. The minimum atomic E-state index is 0.0652. The first kappa shape index (κ1) is 12.4. The molecule has 1 aromatic rings. The number of halogens is 3. The summed E-state index contributed by atoms with van der Waals surface area (Å²) in [5, 5.41) is 0.618. The number of carbonyl (C=O) groups excluding carboxylic acids is 1. The highest BCUT2D eigenvalue weighted by molar-refractivity contribution is 14.1. The number of alkyl halides is 1. The lowest BCUT2D eigenvalue weighted by atomic mass is 10.1. The average molecular weight is 371 g/mol. The number of rotatable bonds is 2. The molecule has 0 N–H and O–H groups in total. The molecular weight excluding hydrogens is 362 g/mol. The molecule has 3 nitrogen and oxygen atoms in total. The summed E-state index contributed by atoms with van der Waals surface area (Å²) in [7, 11) is 0. The Balaban J connectivity index is 2.24. The maximum Gasteiger partial charge on any atom is 0.228 e. The fraction of sp³-hybridized carbons (Fsp3) is 0.400. The lowest BCUT2D eigenvalue weighted by Crippen LogP contribution is -2.25. The van der Waals surface area contributed by atoms with E-state index in [1.54, 1.807) is 17.2 Å². The number of aromatic nitrogens is 1. The van der Waals surface area contributed by atoms with E-state index in [1.807, 2.05) is 0 Å². The van der Waals surface area contributed by atoms with Crippen LogP contribution in [0.5, 0.6) is 0 Å². The maximum absolute atomic E-state index is 11.7. The van der Waals surface area contributed by atoms with Crippen LogP contribution in [0.15, 0.2) is 12.3 Å². The molecule has 1 aliphatic heterocycles. The van der Waals surface area contributed by atoms with Gasteiger partial charge in [0.2, 0.25) is 5.91 Å². The van der Waals surface area contributed by atoms with Crippen molar-refractivity contribution in [2.75, 3.05) is 17.3 Å². The van der Waals surface area contributed by atoms with Gasteiger partial charge < -0.3 is 0 Å². The van der Waals surface area contributed by atoms with Crippen molar-refractivity contribution < 1.29 is 4.79 Å². The Morgan fingerprint density at radius 3 is 2.94 bits per heavy atom. The lowest BCUT2D eigenvalue weighted by Gasteiger charge is -2.15. The Kier molecular flexibility index (Phi) is 3.92. The molecule has 0 bridgehead atoms. The molecule has 86 valence electrons. The van der Waals surface area contributed by atoms with Crippen molar-refractivity contribution in [2.45, 2.75) is 6.42 Å². The monoisotopic (exact) mass is 370 g/mol. The van der Waals surface area contributed by atoms with Gasteiger partial charge in [-0.05, 0) is 28.5 Å². The standard InChI is InChI=1S/C10H9Cl2IN2O/c11-3-6-1-10(16)15(5-6)9-2-7(12)8(13)4-14-9/h2,4,6H,1,3,5H2. The van der Waals surface area contributed by atoms with Crippen LogP contribution in [-0.4, -0.2) is 23.3 Å². The summed E-state index contributed by atoms with van der Waals surface area (Å²) in [5.74, 6) is 1.40. The van der Waals surface area contributed by atoms with Crippen molar-refractivity contribution in [3.05, 3.63) is 20.9 Å². The van der Waals surface area contributed by atoms with E-state index in [0.717, 1.165) is 3.57 Å². The van der Waals surface area contributed by atoms with E-state index in [9.17, 15) is 4.79 Å². The van der Waals surface area contributed by atoms with Crippen LogP contribution in [0.25, 0.3) is 0 Å². The van der Waals surface area contributed by atoms with E-state index in [2.05, 4.69) is 27.6 Å². The van der Waals surface area contributed by atoms with E-state index >= 15 is 0 Å². The fourth-order valence-corrected chi connectivity index (χ4v) is 2.31. The van der Waals surface area contributed by atoms with Crippen molar-refractivity contribution >= 4 is 57.5 Å². The Morgan fingerprint density at radius 1 is 1.62 bits per heavy atom. The highest BCUT2D eigenvalue weighted by Crippen LogP contribution is 2.27. The summed E-state index contributed by atoms with van der Waals surface area (Å²) in [6.45, 7) is 0.631. The lowest BCUT2D eigenvalue weighted by molar-refractivity contribution is -0.117. The first-order valence-corrected chi connectivity index (χ1v) is 6.78. The molecule has 0 aliphatic carbocycles. The van der Waals surface area contributed by atoms with Crippen LogP contribution in [0.1, 0.15) is 6.42 Å². The average Bonchev–Trinajstić information content (AvgIpc) is 2.64. The number of carbonyl (C=O) groups is 1. The normalized spacial score (nSPS) is 20.6. The van der Waals surface area contributed by atoms with Gasteiger partial charge in [-0.2, -0.15) is 0 Å². The third-order valence-electron chi connectivity index (χ3n) is 2.49. The summed E-state index contributed by atoms with van der Waals surface area (Å²) in [6.07, 6.45) is 2.16. The van der Waals surface area contributed by atoms with Crippen LogP contribution in [0.4, 0.5) is 5.82 Å². The van der Waals surface area contributed by atoms with Gasteiger partial charge in [0.15, 0.2) is 0 Å². The quantitative estimate of drug-likeness (QED) is 0.592. The third-order valence-corrected chi connectivity index (χ3v) is 4.42. The van der Waals surface area contributed by atoms with Crippen molar-refractivity contribution in [2.24, 2.45) is 5.92 Å². The van der Waals surface area contributed by atoms with Crippen molar-refractivity contribution in [1.29, 1.82) is 0 Å². The molecule has 6 heteroatoms. The highest BCUT2D eigenvalue weighted by Gasteiger charge is 2.30. The fourth-order valence-electron chi connectivity index (χ4n) is 1.66. The van der Waals surface area contributed by atoms with E-state index in [-0.39, 0.29) is 11.8 Å². The highest BCUT2D eigenvalue weighted by atomic mass is 127. The van der Waals surface area contributed by atoms with Crippen LogP contribution < -0.4 is 4.90 Å². The Labute approximate surface area is 117 Å². The van der Waals surface area contributed by atoms with Crippen molar-refractivity contribution in [3.63, 3.8) is 0 Å². The summed E-state index contributed by atoms with van der Waals surface area (Å²) in [4.78, 5) is 17.6. The maximum atomic E-state index is 11.7. The van der Waals surface area contributed by atoms with Gasteiger partial charge in [-0.1, -0.05) is 11.6 Å². The van der Waals surface area contributed by atoms with E-state index in [0.29, 0.717) is 29.7 Å². The Hall–Kier alpha value is -0.0700. The summed E-state index contributed by atoms with van der Waals surface area (Å²) < 4.78 is 0.878. The summed E-state index contributed by atoms with van der Waals surface area (Å²) >= 11 is 13.9. The van der Waals surface area contributed by atoms with Gasteiger partial charge in [-0.25, -0.2) is 4.98 Å². The first-order valence-electron chi connectivity index (χ1n) is 4.79. The molecule has 1 unspecified atom stereocenters. The topological polar surface area (TPSA) is 33.2 Å². The van der Waals surface area contributed by atoms with E-state index in [4.69, 9.17) is 23.2 Å². The predicted octanol–water partition coefficient (Wildman–Crippen LogP) is 2.93. The number of amides is 1. The zero-order valence-corrected chi connectivity index (χ0v) is 12.0. The van der Waals surface area contributed by atoms with Gasteiger partial charge in [0.1, 0.15) is 5.82 Å². The number of nitrogens with zero attached hydrogens (tertiary/aromatic N) is 2. The smallest absolute Gasteiger partial charge is 0.228 e. The van der Waals surface area contributed by atoms with Gasteiger partial charge in [0.25, 0.3) is 0 Å². The van der Waals surface area contributed by atoms with Gasteiger partial charge in [0, 0.05) is 31.1 Å². The third kappa shape index (κ3) is 2.43. The molecule has 1 fully saturated rings. The Bertz CT molecular complexity index is 427. The molecule has 1 saturated heterocycles. The van der Waals surface area contributed by atoms with E-state index < -0.39 is 0 Å². The molecule has 1 aliphatic rings. The van der Waals surface area contributed by atoms with Gasteiger partial charge in [-0.15, -0.1) is 11.6 Å². The zero-order valence-electron chi connectivity index (χ0n) is 8.29. The van der Waals surface area contributed by atoms with Crippen LogP contribution in [0.3, 0.4) is 0 Å². The molecule has 1 atom stereocenters. The van der Waals surface area contributed by atoms with Crippen LogP contribution in [0.2, 0.25) is 5.02 Å². The predicted molar refractivity (Wildman–Crippen MR) is 73.1 cm³/mol. The number of pyridine rings is 1. The minimum Gasteiger partial charge on any atom is -0.296 e. The molecule has 0 aromatic carbocycles. The van der Waals surface area contributed by atoms with Gasteiger partial charge >= 0.3 is 0 Å².